The fraction of sp³-hybridized carbons (Fsp3) is 0.867. The third kappa shape index (κ3) is 7.61. The Morgan fingerprint density at radius 1 is 1.21 bits per heavy atom. The van der Waals surface area contributed by atoms with Crippen LogP contribution in [0, 0.1) is 5.92 Å². The molecule has 19 heavy (non-hydrogen) atoms. The second-order valence-electron chi connectivity index (χ2n) is 5.69. The number of rotatable bonds is 10. The van der Waals surface area contributed by atoms with Crippen LogP contribution in [0.4, 0.5) is 0 Å². The third-order valence-corrected chi connectivity index (χ3v) is 4.27. The molecule has 0 spiro atoms. The Hall–Kier alpha value is -0.510. The molecule has 0 radical (unpaired) electrons. The Bertz CT molecular complexity index is 336. The molecule has 0 aliphatic rings. The summed E-state index contributed by atoms with van der Waals surface area (Å²) in [6.45, 7) is 9.96. The third-order valence-electron chi connectivity index (χ3n) is 3.13. The molecule has 0 bridgehead atoms. The molecule has 1 atom stereocenters. The van der Waals surface area contributed by atoms with Crippen LogP contribution in [0.15, 0.2) is 6.20 Å². The summed E-state index contributed by atoms with van der Waals surface area (Å²) in [6, 6.07) is 0. The maximum Gasteiger partial charge on any atom is 0.0827 e. The van der Waals surface area contributed by atoms with Gasteiger partial charge in [-0.25, -0.2) is 0 Å². The molecular formula is C15H29N3S. The van der Waals surface area contributed by atoms with Crippen LogP contribution in [0.25, 0.3) is 0 Å². The average molecular weight is 283 g/mol. The van der Waals surface area contributed by atoms with E-state index in [1.54, 1.807) is 0 Å². The van der Waals surface area contributed by atoms with Gasteiger partial charge in [0.15, 0.2) is 0 Å². The lowest BCUT2D eigenvalue weighted by molar-refractivity contribution is 0.472. The number of unbranched alkanes of at least 4 members (excludes halogenated alkanes) is 2. The highest BCUT2D eigenvalue weighted by atomic mass is 32.2. The number of thioether (sulfide) groups is 1. The highest BCUT2D eigenvalue weighted by Crippen LogP contribution is 2.17. The normalized spacial score (nSPS) is 13.1. The van der Waals surface area contributed by atoms with Crippen LogP contribution in [0.3, 0.4) is 0 Å². The van der Waals surface area contributed by atoms with E-state index in [2.05, 4.69) is 56.0 Å². The van der Waals surface area contributed by atoms with E-state index in [1.807, 2.05) is 4.68 Å². The van der Waals surface area contributed by atoms with Crippen molar-refractivity contribution in [2.45, 2.75) is 71.6 Å². The number of nitrogens with zero attached hydrogens (tertiary/aromatic N) is 3. The highest BCUT2D eigenvalue weighted by molar-refractivity contribution is 7.99. The second kappa shape index (κ2) is 9.40. The maximum absolute atomic E-state index is 4.24. The first-order valence-electron chi connectivity index (χ1n) is 7.62. The van der Waals surface area contributed by atoms with Gasteiger partial charge in [-0.3, -0.25) is 4.68 Å². The fourth-order valence-corrected chi connectivity index (χ4v) is 3.10. The quantitative estimate of drug-likeness (QED) is 0.604. The first kappa shape index (κ1) is 16.5. The van der Waals surface area contributed by atoms with Gasteiger partial charge in [-0.1, -0.05) is 45.7 Å². The van der Waals surface area contributed by atoms with Gasteiger partial charge < -0.3 is 0 Å². The summed E-state index contributed by atoms with van der Waals surface area (Å²) in [4.78, 5) is 0. The van der Waals surface area contributed by atoms with E-state index in [0.29, 0.717) is 5.92 Å². The molecule has 0 saturated carbocycles. The number of aryl methyl sites for hydroxylation is 1. The largest absolute Gasteiger partial charge is 0.252 e. The zero-order valence-corrected chi connectivity index (χ0v) is 13.7. The van der Waals surface area contributed by atoms with Gasteiger partial charge in [0.25, 0.3) is 0 Å². The van der Waals surface area contributed by atoms with Crippen LogP contribution in [-0.2, 0) is 13.0 Å². The van der Waals surface area contributed by atoms with Gasteiger partial charge in [-0.05, 0) is 30.9 Å². The molecule has 1 aromatic heterocycles. The van der Waals surface area contributed by atoms with E-state index in [1.165, 1.54) is 31.4 Å². The van der Waals surface area contributed by atoms with Crippen LogP contribution >= 0.6 is 11.8 Å². The van der Waals surface area contributed by atoms with Crippen molar-refractivity contribution in [3.63, 3.8) is 0 Å². The molecular weight excluding hydrogens is 254 g/mol. The van der Waals surface area contributed by atoms with Gasteiger partial charge in [-0.2, -0.15) is 11.8 Å². The van der Waals surface area contributed by atoms with Crippen LogP contribution < -0.4 is 0 Å². The summed E-state index contributed by atoms with van der Waals surface area (Å²) in [5, 5.41) is 9.23. The monoisotopic (exact) mass is 283 g/mol. The molecule has 0 N–H and O–H groups in total. The Balaban J connectivity index is 2.10. The van der Waals surface area contributed by atoms with Crippen LogP contribution in [0.5, 0.6) is 0 Å². The van der Waals surface area contributed by atoms with Crippen molar-refractivity contribution in [1.82, 2.24) is 15.0 Å². The Kier molecular flexibility index (Phi) is 8.19. The first-order valence-corrected chi connectivity index (χ1v) is 8.67. The van der Waals surface area contributed by atoms with Crippen LogP contribution in [-0.4, -0.2) is 26.0 Å². The molecule has 0 aliphatic carbocycles. The van der Waals surface area contributed by atoms with E-state index in [-0.39, 0.29) is 0 Å². The lowest BCUT2D eigenvalue weighted by Gasteiger charge is -2.08. The van der Waals surface area contributed by atoms with E-state index >= 15 is 0 Å². The maximum atomic E-state index is 4.24. The summed E-state index contributed by atoms with van der Waals surface area (Å²) in [7, 11) is 0. The minimum atomic E-state index is 0.632. The smallest absolute Gasteiger partial charge is 0.0827 e. The molecule has 3 nitrogen and oxygen atoms in total. The zero-order chi connectivity index (χ0) is 14.1. The molecule has 1 unspecified atom stereocenters. The molecule has 4 heteroatoms. The second-order valence-corrected chi connectivity index (χ2v) is 7.41. The van der Waals surface area contributed by atoms with E-state index in [0.717, 1.165) is 23.9 Å². The minimum Gasteiger partial charge on any atom is -0.252 e. The minimum absolute atomic E-state index is 0.632. The van der Waals surface area contributed by atoms with Crippen LogP contribution in [0.2, 0.25) is 0 Å². The Labute approximate surface area is 122 Å². The molecule has 0 amide bonds. The number of aromatic nitrogens is 3. The van der Waals surface area contributed by atoms with Gasteiger partial charge >= 0.3 is 0 Å². The van der Waals surface area contributed by atoms with Crippen molar-refractivity contribution >= 4 is 11.8 Å². The van der Waals surface area contributed by atoms with Gasteiger partial charge in [0.05, 0.1) is 5.69 Å². The number of hydrogen-bond acceptors (Lipinski definition) is 3. The summed E-state index contributed by atoms with van der Waals surface area (Å²) >= 11 is 2.07. The standard InChI is InChI=1S/C15H29N3S/c1-5-19-14(4)9-7-6-8-10-15-12-18(17-16-15)11-13(2)3/h12-14H,5-11H2,1-4H3. The molecule has 0 fully saturated rings. The van der Waals surface area contributed by atoms with Crippen molar-refractivity contribution in [1.29, 1.82) is 0 Å². The topological polar surface area (TPSA) is 30.7 Å². The zero-order valence-electron chi connectivity index (χ0n) is 12.9. The highest BCUT2D eigenvalue weighted by Gasteiger charge is 2.04. The molecule has 0 saturated heterocycles. The molecule has 1 rings (SSSR count). The lowest BCUT2D eigenvalue weighted by Crippen LogP contribution is -2.04. The van der Waals surface area contributed by atoms with E-state index in [9.17, 15) is 0 Å². The fourth-order valence-electron chi connectivity index (χ4n) is 2.20. The SMILES string of the molecule is CCSC(C)CCCCCc1cn(CC(C)C)nn1. The van der Waals surface area contributed by atoms with Crippen molar-refractivity contribution < 1.29 is 0 Å². The molecule has 1 heterocycles. The predicted octanol–water partition coefficient (Wildman–Crippen LogP) is 4.18. The molecule has 0 aliphatic heterocycles. The molecule has 1 aromatic rings. The van der Waals surface area contributed by atoms with Crippen molar-refractivity contribution in [3.8, 4) is 0 Å². The van der Waals surface area contributed by atoms with E-state index < -0.39 is 0 Å². The molecule has 110 valence electrons. The summed E-state index contributed by atoms with van der Waals surface area (Å²) < 4.78 is 1.97. The van der Waals surface area contributed by atoms with E-state index in [4.69, 9.17) is 0 Å². The van der Waals surface area contributed by atoms with Gasteiger partial charge in [0.2, 0.25) is 0 Å². The van der Waals surface area contributed by atoms with Gasteiger partial charge in [0.1, 0.15) is 0 Å². The van der Waals surface area contributed by atoms with Crippen molar-refractivity contribution in [2.24, 2.45) is 5.92 Å². The summed E-state index contributed by atoms with van der Waals surface area (Å²) in [5.41, 5.74) is 1.15. The number of hydrogen-bond donors (Lipinski definition) is 0. The van der Waals surface area contributed by atoms with Gasteiger partial charge in [-0.15, -0.1) is 5.10 Å². The average Bonchev–Trinajstić information content (AvgIpc) is 2.75. The summed E-state index contributed by atoms with van der Waals surface area (Å²) in [5.74, 6) is 1.87. The lowest BCUT2D eigenvalue weighted by atomic mass is 10.1. The van der Waals surface area contributed by atoms with Crippen molar-refractivity contribution in [3.05, 3.63) is 11.9 Å². The Morgan fingerprint density at radius 2 is 2.00 bits per heavy atom. The predicted molar refractivity (Wildman–Crippen MR) is 84.6 cm³/mol. The molecule has 0 aromatic carbocycles. The van der Waals surface area contributed by atoms with Crippen molar-refractivity contribution in [2.75, 3.05) is 5.75 Å². The first-order chi connectivity index (χ1) is 9.11. The Morgan fingerprint density at radius 3 is 2.68 bits per heavy atom. The van der Waals surface area contributed by atoms with Crippen LogP contribution in [0.1, 0.15) is 59.1 Å². The van der Waals surface area contributed by atoms with Gasteiger partial charge in [0, 0.05) is 18.0 Å². The summed E-state index contributed by atoms with van der Waals surface area (Å²) in [6.07, 6.45) is 8.42.